The number of esters is 1. The minimum Gasteiger partial charge on any atom is -0.465 e. The van der Waals surface area contributed by atoms with Crippen LogP contribution in [0.25, 0.3) is 0 Å². The van der Waals surface area contributed by atoms with Gasteiger partial charge in [0, 0.05) is 12.6 Å². The number of ether oxygens (including phenoxy) is 1. The van der Waals surface area contributed by atoms with Crippen molar-refractivity contribution in [3.05, 3.63) is 5.56 Å². The zero-order valence-corrected chi connectivity index (χ0v) is 12.5. The van der Waals surface area contributed by atoms with Crippen LogP contribution >= 0.6 is 0 Å². The van der Waals surface area contributed by atoms with Crippen LogP contribution in [-0.2, 0) is 11.3 Å². The number of anilines is 2. The van der Waals surface area contributed by atoms with E-state index in [2.05, 4.69) is 24.3 Å². The third-order valence-electron chi connectivity index (χ3n) is 3.80. The van der Waals surface area contributed by atoms with Gasteiger partial charge in [-0.3, -0.25) is 0 Å². The van der Waals surface area contributed by atoms with Crippen LogP contribution in [0.4, 0.5) is 11.6 Å². The molecule has 1 saturated carbocycles. The lowest BCUT2D eigenvalue weighted by Gasteiger charge is -2.12. The van der Waals surface area contributed by atoms with Gasteiger partial charge in [-0.1, -0.05) is 13.3 Å². The van der Waals surface area contributed by atoms with E-state index in [1.165, 1.54) is 20.0 Å². The SMILES string of the molecule is CCCCn1nc(NC(C)C2CC2)c(C(=O)OC)c1N. The Balaban J connectivity index is 2.24. The average molecular weight is 280 g/mol. The van der Waals surface area contributed by atoms with Gasteiger partial charge in [-0.25, -0.2) is 9.48 Å². The molecule has 1 fully saturated rings. The monoisotopic (exact) mass is 280 g/mol. The van der Waals surface area contributed by atoms with Gasteiger partial charge in [0.25, 0.3) is 0 Å². The number of hydrogen-bond acceptors (Lipinski definition) is 5. The number of nitrogens with one attached hydrogen (secondary N) is 1. The first kappa shape index (κ1) is 14.7. The number of rotatable bonds is 7. The summed E-state index contributed by atoms with van der Waals surface area (Å²) in [6.45, 7) is 4.93. The summed E-state index contributed by atoms with van der Waals surface area (Å²) < 4.78 is 6.51. The van der Waals surface area contributed by atoms with Gasteiger partial charge in [-0.15, -0.1) is 0 Å². The van der Waals surface area contributed by atoms with Crippen molar-refractivity contribution in [2.24, 2.45) is 5.92 Å². The Bertz CT molecular complexity index is 480. The molecule has 1 aromatic heterocycles. The molecule has 20 heavy (non-hydrogen) atoms. The summed E-state index contributed by atoms with van der Waals surface area (Å²) in [5, 5.41) is 7.76. The number of nitrogens with two attached hydrogens (primary N) is 1. The van der Waals surface area contributed by atoms with E-state index in [1.54, 1.807) is 4.68 Å². The Morgan fingerprint density at radius 3 is 2.85 bits per heavy atom. The van der Waals surface area contributed by atoms with E-state index in [4.69, 9.17) is 10.5 Å². The molecule has 0 spiro atoms. The molecule has 0 aliphatic heterocycles. The summed E-state index contributed by atoms with van der Waals surface area (Å²) in [6, 6.07) is 0.298. The number of aromatic nitrogens is 2. The second kappa shape index (κ2) is 6.15. The molecule has 1 unspecified atom stereocenters. The molecule has 0 radical (unpaired) electrons. The highest BCUT2D eigenvalue weighted by atomic mass is 16.5. The lowest BCUT2D eigenvalue weighted by molar-refractivity contribution is 0.0603. The van der Waals surface area contributed by atoms with Crippen molar-refractivity contribution in [2.75, 3.05) is 18.2 Å². The van der Waals surface area contributed by atoms with Crippen LogP contribution in [-0.4, -0.2) is 28.9 Å². The van der Waals surface area contributed by atoms with Crippen molar-refractivity contribution in [1.29, 1.82) is 0 Å². The first-order valence-corrected chi connectivity index (χ1v) is 7.29. The van der Waals surface area contributed by atoms with Crippen LogP contribution < -0.4 is 11.1 Å². The molecule has 1 aromatic rings. The smallest absolute Gasteiger partial charge is 0.345 e. The summed E-state index contributed by atoms with van der Waals surface area (Å²) in [5.41, 5.74) is 6.41. The molecule has 0 saturated heterocycles. The number of nitrogens with zero attached hydrogens (tertiary/aromatic N) is 2. The van der Waals surface area contributed by atoms with E-state index in [9.17, 15) is 4.79 Å². The molecular formula is C14H24N4O2. The highest BCUT2D eigenvalue weighted by Crippen LogP contribution is 2.35. The molecule has 1 heterocycles. The number of hydrogen-bond donors (Lipinski definition) is 2. The first-order chi connectivity index (χ1) is 9.58. The summed E-state index contributed by atoms with van der Waals surface area (Å²) in [4.78, 5) is 11.9. The zero-order valence-electron chi connectivity index (χ0n) is 12.5. The maximum Gasteiger partial charge on any atom is 0.345 e. The van der Waals surface area contributed by atoms with Crippen LogP contribution in [0.2, 0.25) is 0 Å². The van der Waals surface area contributed by atoms with Gasteiger partial charge in [0.2, 0.25) is 0 Å². The van der Waals surface area contributed by atoms with Gasteiger partial charge < -0.3 is 15.8 Å². The average Bonchev–Trinajstić information content (AvgIpc) is 3.23. The number of nitrogen functional groups attached to an aromatic ring is 1. The molecule has 0 aromatic carbocycles. The van der Waals surface area contributed by atoms with Crippen LogP contribution in [0.3, 0.4) is 0 Å². The Labute approximate surface area is 119 Å². The van der Waals surface area contributed by atoms with Crippen molar-refractivity contribution in [3.8, 4) is 0 Å². The van der Waals surface area contributed by atoms with Crippen molar-refractivity contribution in [2.45, 2.75) is 52.1 Å². The maximum absolute atomic E-state index is 11.9. The molecule has 1 aliphatic rings. The normalized spacial score (nSPS) is 15.9. The van der Waals surface area contributed by atoms with E-state index in [1.807, 2.05) is 0 Å². The van der Waals surface area contributed by atoms with E-state index in [-0.39, 0.29) is 0 Å². The molecule has 6 nitrogen and oxygen atoms in total. The molecule has 0 bridgehead atoms. The quantitative estimate of drug-likeness (QED) is 0.749. The maximum atomic E-state index is 11.9. The van der Waals surface area contributed by atoms with E-state index >= 15 is 0 Å². The molecule has 2 rings (SSSR count). The van der Waals surface area contributed by atoms with Crippen molar-refractivity contribution < 1.29 is 9.53 Å². The van der Waals surface area contributed by atoms with Gasteiger partial charge in [0.05, 0.1) is 7.11 Å². The Kier molecular flexibility index (Phi) is 4.52. The lowest BCUT2D eigenvalue weighted by Crippen LogP contribution is -2.19. The van der Waals surface area contributed by atoms with E-state index in [0.717, 1.165) is 12.8 Å². The predicted octanol–water partition coefficient (Wildman–Crippen LogP) is 2.26. The van der Waals surface area contributed by atoms with Crippen LogP contribution in [0.5, 0.6) is 0 Å². The largest absolute Gasteiger partial charge is 0.465 e. The van der Waals surface area contributed by atoms with Crippen LogP contribution in [0, 0.1) is 5.92 Å². The third kappa shape index (κ3) is 3.05. The van der Waals surface area contributed by atoms with Gasteiger partial charge in [-0.2, -0.15) is 5.10 Å². The lowest BCUT2D eigenvalue weighted by atomic mass is 10.2. The minimum absolute atomic E-state index is 0.298. The minimum atomic E-state index is -0.434. The molecular weight excluding hydrogens is 256 g/mol. The topological polar surface area (TPSA) is 82.2 Å². The van der Waals surface area contributed by atoms with Crippen molar-refractivity contribution in [1.82, 2.24) is 9.78 Å². The molecule has 1 aliphatic carbocycles. The number of unbranched alkanes of at least 4 members (excludes halogenated alkanes) is 1. The Morgan fingerprint density at radius 1 is 1.60 bits per heavy atom. The third-order valence-corrected chi connectivity index (χ3v) is 3.80. The fourth-order valence-electron chi connectivity index (χ4n) is 2.29. The molecule has 6 heteroatoms. The van der Waals surface area contributed by atoms with E-state index < -0.39 is 5.97 Å². The Morgan fingerprint density at radius 2 is 2.30 bits per heavy atom. The second-order valence-electron chi connectivity index (χ2n) is 5.45. The summed E-state index contributed by atoms with van der Waals surface area (Å²) in [7, 11) is 1.36. The molecule has 1 atom stereocenters. The first-order valence-electron chi connectivity index (χ1n) is 7.29. The van der Waals surface area contributed by atoms with Crippen molar-refractivity contribution >= 4 is 17.6 Å². The van der Waals surface area contributed by atoms with Gasteiger partial charge in [0.1, 0.15) is 11.4 Å². The summed E-state index contributed by atoms with van der Waals surface area (Å²) in [5.74, 6) is 1.17. The van der Waals surface area contributed by atoms with Crippen LogP contribution in [0.15, 0.2) is 0 Å². The molecule has 0 amide bonds. The van der Waals surface area contributed by atoms with Gasteiger partial charge >= 0.3 is 5.97 Å². The van der Waals surface area contributed by atoms with Gasteiger partial charge in [-0.05, 0) is 32.1 Å². The highest BCUT2D eigenvalue weighted by Gasteiger charge is 2.31. The molecule has 112 valence electrons. The molecule has 3 N–H and O–H groups in total. The highest BCUT2D eigenvalue weighted by molar-refractivity contribution is 5.99. The fourth-order valence-corrected chi connectivity index (χ4v) is 2.29. The van der Waals surface area contributed by atoms with Crippen molar-refractivity contribution in [3.63, 3.8) is 0 Å². The summed E-state index contributed by atoms with van der Waals surface area (Å²) in [6.07, 6.45) is 4.49. The van der Waals surface area contributed by atoms with E-state index in [0.29, 0.717) is 35.7 Å². The fraction of sp³-hybridized carbons (Fsp3) is 0.714. The van der Waals surface area contributed by atoms with Gasteiger partial charge in [0.15, 0.2) is 5.82 Å². The van der Waals surface area contributed by atoms with Crippen LogP contribution in [0.1, 0.15) is 49.9 Å². The number of methoxy groups -OCH3 is 1. The zero-order chi connectivity index (χ0) is 14.7. The predicted molar refractivity (Wildman–Crippen MR) is 78.7 cm³/mol. The summed E-state index contributed by atoms with van der Waals surface area (Å²) >= 11 is 0. The number of carbonyl (C=O) groups excluding carboxylic acids is 1. The Hall–Kier alpha value is -1.72. The second-order valence-corrected chi connectivity index (χ2v) is 5.45. The standard InChI is InChI=1S/C14H24N4O2/c1-4-5-8-18-12(15)11(14(19)20-3)13(17-18)16-9(2)10-6-7-10/h9-10H,4-8,15H2,1-3H3,(H,16,17). The number of aryl methyl sites for hydroxylation is 1. The number of carbonyl (C=O) groups is 1.